The normalized spacial score (nSPS) is 23.9. The maximum atomic E-state index is 13.1. The van der Waals surface area contributed by atoms with Crippen LogP contribution in [0.3, 0.4) is 0 Å². The van der Waals surface area contributed by atoms with Gasteiger partial charge in [0, 0.05) is 19.1 Å². The number of ether oxygens (including phenoxy) is 1. The third-order valence-corrected chi connectivity index (χ3v) is 6.71. The van der Waals surface area contributed by atoms with Gasteiger partial charge in [-0.25, -0.2) is 4.39 Å². The van der Waals surface area contributed by atoms with Crippen molar-refractivity contribution >= 4 is 5.91 Å². The minimum atomic E-state index is -0.267. The summed E-state index contributed by atoms with van der Waals surface area (Å²) in [7, 11) is 0. The summed E-state index contributed by atoms with van der Waals surface area (Å²) in [6, 6.07) is 16.3. The molecule has 3 saturated heterocycles. The standard InChI is InChI=1S/C25H28FN5O2/c26-20-8-6-18(7-9-20)13-27-25(32)24-16-30-11-10-19(24)12-22(30)15-31-14-21(28-29-31)17-33-23-4-2-1-3-5-23/h1-9,14,19,22,24H,10-13,15-17H2,(H,27,32)/t19-,22-,24+/m1/s1. The van der Waals surface area contributed by atoms with Crippen molar-refractivity contribution < 1.29 is 13.9 Å². The van der Waals surface area contributed by atoms with Gasteiger partial charge in [0.05, 0.1) is 18.7 Å². The van der Waals surface area contributed by atoms with Crippen molar-refractivity contribution in [3.05, 3.63) is 77.9 Å². The predicted octanol–water partition coefficient (Wildman–Crippen LogP) is 3.02. The molecule has 2 bridgehead atoms. The maximum absolute atomic E-state index is 13.1. The lowest BCUT2D eigenvalue weighted by Gasteiger charge is -2.49. The second-order valence-electron chi connectivity index (χ2n) is 8.92. The molecule has 3 aliphatic heterocycles. The Labute approximate surface area is 192 Å². The lowest BCUT2D eigenvalue weighted by atomic mass is 9.75. The zero-order valence-electron chi connectivity index (χ0n) is 18.4. The number of rotatable bonds is 8. The Morgan fingerprint density at radius 1 is 1.15 bits per heavy atom. The lowest BCUT2D eigenvalue weighted by Crippen LogP contribution is -2.58. The zero-order valence-corrected chi connectivity index (χ0v) is 18.4. The van der Waals surface area contributed by atoms with Gasteiger partial charge >= 0.3 is 0 Å². The molecule has 4 atom stereocenters. The number of benzene rings is 2. The van der Waals surface area contributed by atoms with Crippen LogP contribution in [0.1, 0.15) is 24.1 Å². The smallest absolute Gasteiger partial charge is 0.224 e. The van der Waals surface area contributed by atoms with Gasteiger partial charge in [0.15, 0.2) is 0 Å². The van der Waals surface area contributed by atoms with Crippen molar-refractivity contribution in [2.75, 3.05) is 13.1 Å². The molecule has 3 aliphatic rings. The average Bonchev–Trinajstić information content (AvgIpc) is 3.30. The average molecular weight is 450 g/mol. The van der Waals surface area contributed by atoms with Crippen molar-refractivity contribution in [1.29, 1.82) is 0 Å². The molecule has 33 heavy (non-hydrogen) atoms. The highest BCUT2D eigenvalue weighted by Crippen LogP contribution is 2.37. The fourth-order valence-electron chi connectivity index (χ4n) is 4.93. The molecule has 4 heterocycles. The number of aromatic nitrogens is 3. The SMILES string of the molecule is O=C(NCc1ccc(F)cc1)[C@H]1CN2CC[C@@H]1C[C@@H]2Cn1cc(COc2ccccc2)nn1. The molecular weight excluding hydrogens is 421 g/mol. The highest BCUT2D eigenvalue weighted by Gasteiger charge is 2.43. The van der Waals surface area contributed by atoms with Gasteiger partial charge < -0.3 is 10.1 Å². The summed E-state index contributed by atoms with van der Waals surface area (Å²) in [6.45, 7) is 3.35. The van der Waals surface area contributed by atoms with Crippen molar-refractivity contribution in [3.8, 4) is 5.75 Å². The van der Waals surface area contributed by atoms with E-state index >= 15 is 0 Å². The maximum Gasteiger partial charge on any atom is 0.224 e. The van der Waals surface area contributed by atoms with E-state index in [1.54, 1.807) is 12.1 Å². The molecule has 3 fully saturated rings. The molecule has 7 nitrogen and oxygen atoms in total. The van der Waals surface area contributed by atoms with Crippen molar-refractivity contribution in [2.45, 2.75) is 38.6 Å². The number of fused-ring (bicyclic) bond motifs is 3. The van der Waals surface area contributed by atoms with Crippen LogP contribution in [-0.2, 0) is 24.5 Å². The van der Waals surface area contributed by atoms with Crippen LogP contribution < -0.4 is 10.1 Å². The summed E-state index contributed by atoms with van der Waals surface area (Å²) in [5.41, 5.74) is 1.70. The van der Waals surface area contributed by atoms with Crippen molar-refractivity contribution in [1.82, 2.24) is 25.2 Å². The van der Waals surface area contributed by atoms with E-state index in [1.165, 1.54) is 12.1 Å². The van der Waals surface area contributed by atoms with E-state index < -0.39 is 0 Å². The van der Waals surface area contributed by atoms with Crippen molar-refractivity contribution in [2.24, 2.45) is 11.8 Å². The number of amides is 1. The molecule has 2 aromatic carbocycles. The van der Waals surface area contributed by atoms with E-state index in [0.29, 0.717) is 25.1 Å². The highest BCUT2D eigenvalue weighted by molar-refractivity contribution is 5.79. The minimum absolute atomic E-state index is 0.000952. The number of carbonyl (C=O) groups excluding carboxylic acids is 1. The zero-order chi connectivity index (χ0) is 22.6. The molecule has 0 spiro atoms. The van der Waals surface area contributed by atoms with Gasteiger partial charge in [-0.2, -0.15) is 0 Å². The van der Waals surface area contributed by atoms with E-state index in [4.69, 9.17) is 4.74 Å². The lowest BCUT2D eigenvalue weighted by molar-refractivity contribution is -0.133. The number of nitrogens with zero attached hydrogens (tertiary/aromatic N) is 4. The van der Waals surface area contributed by atoms with Crippen LogP contribution in [-0.4, -0.2) is 44.9 Å². The Balaban J connectivity index is 1.12. The molecule has 8 heteroatoms. The second kappa shape index (κ2) is 9.70. The van der Waals surface area contributed by atoms with Gasteiger partial charge in [0.1, 0.15) is 23.9 Å². The molecule has 0 saturated carbocycles. The molecule has 172 valence electrons. The summed E-state index contributed by atoms with van der Waals surface area (Å²) < 4.78 is 20.7. The Bertz CT molecular complexity index is 1070. The summed E-state index contributed by atoms with van der Waals surface area (Å²) in [5, 5.41) is 11.6. The Hall–Kier alpha value is -3.26. The van der Waals surface area contributed by atoms with Gasteiger partial charge in [0.2, 0.25) is 5.91 Å². The first-order valence-corrected chi connectivity index (χ1v) is 11.5. The number of nitrogens with one attached hydrogen (secondary N) is 1. The highest BCUT2D eigenvalue weighted by atomic mass is 19.1. The number of para-hydroxylation sites is 1. The molecule has 1 unspecified atom stereocenters. The summed E-state index contributed by atoms with van der Waals surface area (Å²) in [5.74, 6) is 1.01. The molecule has 6 rings (SSSR count). The fourth-order valence-corrected chi connectivity index (χ4v) is 4.93. The minimum Gasteiger partial charge on any atom is -0.487 e. The Morgan fingerprint density at radius 2 is 1.97 bits per heavy atom. The number of hydrogen-bond donors (Lipinski definition) is 1. The number of hydrogen-bond acceptors (Lipinski definition) is 5. The van der Waals surface area contributed by atoms with E-state index in [0.717, 1.165) is 49.5 Å². The van der Waals surface area contributed by atoms with E-state index in [2.05, 4.69) is 20.5 Å². The quantitative estimate of drug-likeness (QED) is 0.572. The summed E-state index contributed by atoms with van der Waals surface area (Å²) in [4.78, 5) is 15.2. The Kier molecular flexibility index (Phi) is 6.35. The Morgan fingerprint density at radius 3 is 2.73 bits per heavy atom. The first-order valence-electron chi connectivity index (χ1n) is 11.5. The predicted molar refractivity (Wildman–Crippen MR) is 121 cm³/mol. The van der Waals surface area contributed by atoms with Crippen LogP contribution in [0.25, 0.3) is 0 Å². The molecule has 1 amide bonds. The van der Waals surface area contributed by atoms with Gasteiger partial charge in [-0.05, 0) is 55.1 Å². The number of halogens is 1. The summed E-state index contributed by atoms with van der Waals surface area (Å²) in [6.07, 6.45) is 3.96. The van der Waals surface area contributed by atoms with E-state index in [1.807, 2.05) is 41.2 Å². The molecule has 1 aromatic heterocycles. The molecule has 0 radical (unpaired) electrons. The van der Waals surface area contributed by atoms with Gasteiger partial charge in [-0.1, -0.05) is 35.5 Å². The second-order valence-corrected chi connectivity index (χ2v) is 8.92. The van der Waals surface area contributed by atoms with Crippen LogP contribution in [0.5, 0.6) is 5.75 Å². The third-order valence-electron chi connectivity index (χ3n) is 6.71. The van der Waals surface area contributed by atoms with Crippen LogP contribution in [0.15, 0.2) is 60.8 Å². The van der Waals surface area contributed by atoms with Gasteiger partial charge in [-0.15, -0.1) is 5.10 Å². The largest absolute Gasteiger partial charge is 0.487 e. The molecular formula is C25H28FN5O2. The molecule has 0 aliphatic carbocycles. The van der Waals surface area contributed by atoms with Crippen molar-refractivity contribution in [3.63, 3.8) is 0 Å². The first kappa shape index (κ1) is 21.6. The van der Waals surface area contributed by atoms with E-state index in [-0.39, 0.29) is 17.6 Å². The third kappa shape index (κ3) is 5.22. The summed E-state index contributed by atoms with van der Waals surface area (Å²) >= 11 is 0. The van der Waals surface area contributed by atoms with Gasteiger partial charge in [-0.3, -0.25) is 14.4 Å². The fraction of sp³-hybridized carbons (Fsp3) is 0.400. The topological polar surface area (TPSA) is 72.3 Å². The molecule has 3 aromatic rings. The van der Waals surface area contributed by atoms with Crippen LogP contribution in [0.4, 0.5) is 4.39 Å². The van der Waals surface area contributed by atoms with Crippen LogP contribution in [0, 0.1) is 17.7 Å². The monoisotopic (exact) mass is 449 g/mol. The van der Waals surface area contributed by atoms with E-state index in [9.17, 15) is 9.18 Å². The van der Waals surface area contributed by atoms with Gasteiger partial charge in [0.25, 0.3) is 0 Å². The first-order chi connectivity index (χ1) is 16.1. The molecule has 1 N–H and O–H groups in total. The van der Waals surface area contributed by atoms with Crippen LogP contribution in [0.2, 0.25) is 0 Å². The van der Waals surface area contributed by atoms with Crippen LogP contribution >= 0.6 is 0 Å². The number of carbonyl (C=O) groups is 1. The number of piperidine rings is 3.